The lowest BCUT2D eigenvalue weighted by molar-refractivity contribution is -0.158. The molecule has 0 aromatic heterocycles. The Balaban J connectivity index is 2.45. The van der Waals surface area contributed by atoms with Crippen LogP contribution in [0, 0.1) is 0 Å². The predicted octanol–water partition coefficient (Wildman–Crippen LogP) is 5.55. The molecule has 1 amide bonds. The molecule has 14 heteroatoms. The third kappa shape index (κ3) is 5.40. The third-order valence-corrected chi connectivity index (χ3v) is 6.21. The van der Waals surface area contributed by atoms with E-state index >= 15 is 0 Å². The van der Waals surface area contributed by atoms with Gasteiger partial charge in [-0.25, -0.2) is 9.59 Å². The molecule has 1 N–H and O–H groups in total. The number of carbonyl (C=O) groups is 2. The third-order valence-electron chi connectivity index (χ3n) is 6.21. The Morgan fingerprint density at radius 1 is 0.875 bits per heavy atom. The zero-order chi connectivity index (χ0) is 30.2. The Kier molecular flexibility index (Phi) is 8.35. The van der Waals surface area contributed by atoms with Crippen molar-refractivity contribution in [1.29, 1.82) is 0 Å². The molecule has 0 saturated heterocycles. The summed E-state index contributed by atoms with van der Waals surface area (Å²) in [4.78, 5) is 27.1. The number of amides is 1. The number of nitrogens with zero attached hydrogens (tertiary/aromatic N) is 1. The van der Waals surface area contributed by atoms with Crippen LogP contribution in [0.2, 0.25) is 0 Å². The lowest BCUT2D eigenvalue weighted by Crippen LogP contribution is -2.45. The first-order valence-electron chi connectivity index (χ1n) is 11.6. The molecule has 8 nitrogen and oxygen atoms in total. The van der Waals surface area contributed by atoms with E-state index in [1.54, 1.807) is 6.92 Å². The van der Waals surface area contributed by atoms with E-state index in [9.17, 15) is 41.0 Å². The molecule has 40 heavy (non-hydrogen) atoms. The molecule has 0 aliphatic carbocycles. The number of hydrogen-bond acceptors (Lipinski definition) is 7. The maximum Gasteiger partial charge on any atom is 0.416 e. The minimum absolute atomic E-state index is 0.0118. The van der Waals surface area contributed by atoms with Crippen LogP contribution in [-0.2, 0) is 32.2 Å². The number of fused-ring (bicyclic) bond motifs is 1. The summed E-state index contributed by atoms with van der Waals surface area (Å²) in [7, 11) is 3.34. The summed E-state index contributed by atoms with van der Waals surface area (Å²) in [5, 5.41) is 11.9. The second-order valence-electron chi connectivity index (χ2n) is 8.61. The topological polar surface area (TPSA) is 94.5 Å². The highest BCUT2D eigenvalue weighted by atomic mass is 19.4. The highest BCUT2D eigenvalue weighted by molar-refractivity contribution is 6.04. The van der Waals surface area contributed by atoms with Gasteiger partial charge in [-0.2, -0.15) is 26.3 Å². The first kappa shape index (κ1) is 30.6. The van der Waals surface area contributed by atoms with E-state index in [0.717, 1.165) is 18.1 Å². The lowest BCUT2D eigenvalue weighted by Gasteiger charge is -2.38. The molecule has 0 fully saturated rings. The van der Waals surface area contributed by atoms with Crippen molar-refractivity contribution in [3.8, 4) is 11.5 Å². The van der Waals surface area contributed by atoms with E-state index in [4.69, 9.17) is 14.2 Å². The van der Waals surface area contributed by atoms with Crippen molar-refractivity contribution >= 4 is 23.3 Å². The average molecular weight is 577 g/mol. The number of ether oxygens (including phenoxy) is 4. The molecule has 2 aromatic carbocycles. The standard InChI is InChI=1S/C26H25F6NO7/c1-6-40-23(35)33-13(2)7-18(17-11-20(37-3)21(38-4)12-19(17)33)24(36,22(34)39-5)14-8-15(25(27,28)29)10-16(9-14)26(30,31)32/h7-13,36H,6H2,1-5H3/t13-,24-/m1/s1. The second kappa shape index (κ2) is 10.9. The number of aliphatic hydroxyl groups is 1. The molecule has 1 aliphatic rings. The summed E-state index contributed by atoms with van der Waals surface area (Å²) in [6, 6.07) is 1.81. The molecule has 218 valence electrons. The molecule has 0 bridgehead atoms. The van der Waals surface area contributed by atoms with Gasteiger partial charge in [0.2, 0.25) is 5.60 Å². The molecular weight excluding hydrogens is 552 g/mol. The van der Waals surface area contributed by atoms with Crippen molar-refractivity contribution in [1.82, 2.24) is 0 Å². The average Bonchev–Trinajstić information content (AvgIpc) is 2.89. The van der Waals surface area contributed by atoms with E-state index in [2.05, 4.69) is 4.74 Å². The predicted molar refractivity (Wildman–Crippen MR) is 129 cm³/mol. The van der Waals surface area contributed by atoms with Crippen LogP contribution in [0.3, 0.4) is 0 Å². The normalized spacial score (nSPS) is 16.9. The van der Waals surface area contributed by atoms with Gasteiger partial charge in [-0.05, 0) is 38.1 Å². The van der Waals surface area contributed by atoms with Gasteiger partial charge >= 0.3 is 24.4 Å². The summed E-state index contributed by atoms with van der Waals surface area (Å²) >= 11 is 0. The van der Waals surface area contributed by atoms with Gasteiger partial charge in [0.05, 0.1) is 50.8 Å². The summed E-state index contributed by atoms with van der Waals surface area (Å²) in [5.74, 6) is -1.48. The maximum absolute atomic E-state index is 13.7. The van der Waals surface area contributed by atoms with Crippen molar-refractivity contribution in [3.05, 3.63) is 58.7 Å². The zero-order valence-electron chi connectivity index (χ0n) is 21.9. The van der Waals surface area contributed by atoms with Crippen LogP contribution in [0.15, 0.2) is 36.4 Å². The molecule has 0 saturated carbocycles. The molecule has 2 aromatic rings. The minimum Gasteiger partial charge on any atom is -0.493 e. The number of rotatable bonds is 6. The number of anilines is 1. The van der Waals surface area contributed by atoms with Gasteiger partial charge in [-0.3, -0.25) is 4.90 Å². The first-order valence-corrected chi connectivity index (χ1v) is 11.6. The first-order chi connectivity index (χ1) is 18.5. The molecule has 3 rings (SSSR count). The van der Waals surface area contributed by atoms with Crippen LogP contribution in [0.4, 0.5) is 36.8 Å². The van der Waals surface area contributed by atoms with E-state index in [1.165, 1.54) is 33.3 Å². The molecule has 0 unspecified atom stereocenters. The van der Waals surface area contributed by atoms with Crippen molar-refractivity contribution < 1.29 is 60.0 Å². The number of esters is 1. The fourth-order valence-corrected chi connectivity index (χ4v) is 4.38. The van der Waals surface area contributed by atoms with Crippen LogP contribution < -0.4 is 14.4 Å². The zero-order valence-corrected chi connectivity index (χ0v) is 21.9. The number of benzene rings is 2. The molecule has 1 aliphatic heterocycles. The minimum atomic E-state index is -5.27. The number of hydrogen-bond donors (Lipinski definition) is 1. The van der Waals surface area contributed by atoms with Gasteiger partial charge in [0.15, 0.2) is 11.5 Å². The Bertz CT molecular complexity index is 1310. The highest BCUT2D eigenvalue weighted by Gasteiger charge is 2.50. The van der Waals surface area contributed by atoms with Crippen LogP contribution in [0.5, 0.6) is 11.5 Å². The van der Waals surface area contributed by atoms with E-state index in [-0.39, 0.29) is 47.6 Å². The summed E-state index contributed by atoms with van der Waals surface area (Å²) in [5.41, 5.74) is -8.44. The number of carbonyl (C=O) groups excluding carboxylic acids is 2. The molecule has 1 heterocycles. The van der Waals surface area contributed by atoms with Gasteiger partial charge in [-0.15, -0.1) is 0 Å². The van der Waals surface area contributed by atoms with Crippen molar-refractivity contribution in [2.24, 2.45) is 0 Å². The fraction of sp³-hybridized carbons (Fsp3) is 0.385. The summed E-state index contributed by atoms with van der Waals surface area (Å²) in [6.45, 7) is 2.95. The van der Waals surface area contributed by atoms with Crippen LogP contribution in [0.1, 0.15) is 36.1 Å². The van der Waals surface area contributed by atoms with Gasteiger partial charge in [0, 0.05) is 22.8 Å². The summed E-state index contributed by atoms with van der Waals surface area (Å²) in [6.07, 6.45) is -10.3. The van der Waals surface area contributed by atoms with Gasteiger partial charge in [0.1, 0.15) is 0 Å². The lowest BCUT2D eigenvalue weighted by atomic mass is 9.77. The van der Waals surface area contributed by atoms with Crippen LogP contribution in [0.25, 0.3) is 5.57 Å². The van der Waals surface area contributed by atoms with E-state index < -0.39 is 58.3 Å². The van der Waals surface area contributed by atoms with Crippen molar-refractivity contribution in [2.45, 2.75) is 37.8 Å². The number of methoxy groups -OCH3 is 3. The largest absolute Gasteiger partial charge is 0.493 e. The highest BCUT2D eigenvalue weighted by Crippen LogP contribution is 2.50. The number of alkyl halides is 6. The Morgan fingerprint density at radius 3 is 1.82 bits per heavy atom. The van der Waals surface area contributed by atoms with Gasteiger partial charge in [0.25, 0.3) is 0 Å². The smallest absolute Gasteiger partial charge is 0.416 e. The van der Waals surface area contributed by atoms with Gasteiger partial charge in [-0.1, -0.05) is 6.08 Å². The van der Waals surface area contributed by atoms with E-state index in [1.807, 2.05) is 0 Å². The molecule has 2 atom stereocenters. The Labute approximate surface area is 224 Å². The van der Waals surface area contributed by atoms with Crippen LogP contribution >= 0.6 is 0 Å². The number of halogens is 6. The molecule has 0 radical (unpaired) electrons. The van der Waals surface area contributed by atoms with Gasteiger partial charge < -0.3 is 24.1 Å². The molecule has 0 spiro atoms. The van der Waals surface area contributed by atoms with Crippen molar-refractivity contribution in [3.63, 3.8) is 0 Å². The SMILES string of the molecule is CCOC(=O)N1c2cc(OC)c(OC)cc2C([C@@](O)(C(=O)OC)c2cc(C(F)(F)F)cc(C(F)(F)F)c2)=C[C@H]1C. The maximum atomic E-state index is 13.7. The fourth-order valence-electron chi connectivity index (χ4n) is 4.38. The second-order valence-corrected chi connectivity index (χ2v) is 8.61. The quantitative estimate of drug-likeness (QED) is 0.356. The molecular formula is C26H25F6NO7. The Morgan fingerprint density at radius 2 is 1.38 bits per heavy atom. The van der Waals surface area contributed by atoms with E-state index in [0.29, 0.717) is 0 Å². The van der Waals surface area contributed by atoms with Crippen LogP contribution in [-0.4, -0.2) is 51.1 Å². The Hall–Kier alpha value is -3.94. The monoisotopic (exact) mass is 577 g/mol. The van der Waals surface area contributed by atoms with Crippen molar-refractivity contribution in [2.75, 3.05) is 32.8 Å². The summed E-state index contributed by atoms with van der Waals surface area (Å²) < 4.78 is 102.